The van der Waals surface area contributed by atoms with Gasteiger partial charge in [-0.15, -0.1) is 22.9 Å². The van der Waals surface area contributed by atoms with Gasteiger partial charge in [-0.05, 0) is 44.1 Å². The van der Waals surface area contributed by atoms with E-state index in [1.165, 1.54) is 22.6 Å². The molecule has 0 unspecified atom stereocenters. The molecule has 0 atom stereocenters. The lowest BCUT2D eigenvalue weighted by atomic mass is 10.1. The first kappa shape index (κ1) is 16.6. The van der Waals surface area contributed by atoms with Gasteiger partial charge in [0, 0.05) is 10.8 Å². The smallest absolute Gasteiger partial charge is 0.233 e. The van der Waals surface area contributed by atoms with E-state index in [1.54, 1.807) is 0 Å². The molecule has 21 heavy (non-hydrogen) atoms. The number of halogens is 1. The quantitative estimate of drug-likeness (QED) is 0.485. The van der Waals surface area contributed by atoms with Gasteiger partial charge in [0.25, 0.3) is 0 Å². The maximum absolute atomic E-state index is 12.1. The monoisotopic (exact) mass is 346 g/mol. The molecule has 0 amide bonds. The van der Waals surface area contributed by atoms with Crippen LogP contribution in [-0.4, -0.2) is 20.1 Å². The molecule has 1 aliphatic carbocycles. The second-order valence-electron chi connectivity index (χ2n) is 5.20. The minimum absolute atomic E-state index is 0.0488. The maximum atomic E-state index is 12.1. The van der Waals surface area contributed by atoms with E-state index < -0.39 is 10.0 Å². The molecule has 1 aromatic heterocycles. The van der Waals surface area contributed by atoms with Gasteiger partial charge in [0.15, 0.2) is 0 Å². The first-order valence-electron chi connectivity index (χ1n) is 7.18. The Hall–Kier alpha value is -0.770. The molecule has 0 radical (unpaired) electrons. The number of nitrogens with zero attached hydrogens (tertiary/aromatic N) is 1. The van der Waals surface area contributed by atoms with Gasteiger partial charge in [0.2, 0.25) is 10.0 Å². The summed E-state index contributed by atoms with van der Waals surface area (Å²) in [7, 11) is -3.40. The Morgan fingerprint density at radius 3 is 2.71 bits per heavy atom. The van der Waals surface area contributed by atoms with Crippen molar-refractivity contribution in [3.8, 4) is 6.07 Å². The molecule has 1 heterocycles. The van der Waals surface area contributed by atoms with E-state index in [0.717, 1.165) is 31.2 Å². The Bertz CT molecular complexity index is 632. The molecule has 116 valence electrons. The van der Waals surface area contributed by atoms with Crippen molar-refractivity contribution < 1.29 is 8.42 Å². The van der Waals surface area contributed by atoms with Crippen LogP contribution < -0.4 is 4.72 Å². The van der Waals surface area contributed by atoms with Crippen molar-refractivity contribution in [1.82, 2.24) is 0 Å². The number of nitriles is 1. The Morgan fingerprint density at radius 1 is 1.24 bits per heavy atom. The third kappa shape index (κ3) is 4.35. The average molecular weight is 347 g/mol. The van der Waals surface area contributed by atoms with Crippen molar-refractivity contribution in [2.45, 2.75) is 44.9 Å². The molecule has 4 nitrogen and oxygen atoms in total. The number of hydrogen-bond donors (Lipinski definition) is 1. The van der Waals surface area contributed by atoms with Crippen LogP contribution in [0, 0.1) is 11.3 Å². The van der Waals surface area contributed by atoms with Crippen molar-refractivity contribution in [1.29, 1.82) is 5.26 Å². The zero-order valence-electron chi connectivity index (χ0n) is 11.8. The fourth-order valence-corrected chi connectivity index (χ4v) is 5.41. The lowest BCUT2D eigenvalue weighted by Gasteiger charge is -2.06. The number of nitrogens with one attached hydrogen (secondary N) is 1. The first-order valence-corrected chi connectivity index (χ1v) is 10.2. The van der Waals surface area contributed by atoms with Gasteiger partial charge < -0.3 is 0 Å². The summed E-state index contributed by atoms with van der Waals surface area (Å²) >= 11 is 6.99. The van der Waals surface area contributed by atoms with Crippen LogP contribution in [0.5, 0.6) is 0 Å². The number of anilines is 1. The Kier molecular flexibility index (Phi) is 5.91. The molecule has 2 rings (SSSR count). The van der Waals surface area contributed by atoms with Crippen LogP contribution in [0.25, 0.3) is 0 Å². The van der Waals surface area contributed by atoms with Crippen molar-refractivity contribution in [2.75, 3.05) is 16.4 Å². The highest BCUT2D eigenvalue weighted by atomic mass is 35.5. The minimum atomic E-state index is -3.40. The predicted octanol–water partition coefficient (Wildman–Crippen LogP) is 3.65. The predicted molar refractivity (Wildman–Crippen MR) is 87.7 cm³/mol. The van der Waals surface area contributed by atoms with E-state index in [1.807, 2.05) is 0 Å². The van der Waals surface area contributed by atoms with Crippen LogP contribution in [0.2, 0.25) is 0 Å². The van der Waals surface area contributed by atoms with Crippen LogP contribution in [0.1, 0.15) is 48.1 Å². The highest BCUT2D eigenvalue weighted by Gasteiger charge is 2.22. The number of hydrogen-bond acceptors (Lipinski definition) is 4. The molecule has 1 aliphatic rings. The average Bonchev–Trinajstić information content (AvgIpc) is 2.59. The lowest BCUT2D eigenvalue weighted by molar-refractivity contribution is 0.598. The fourth-order valence-electron chi connectivity index (χ4n) is 2.51. The second-order valence-corrected chi connectivity index (χ2v) is 8.52. The van der Waals surface area contributed by atoms with Gasteiger partial charge in [-0.1, -0.05) is 6.42 Å². The van der Waals surface area contributed by atoms with Crippen molar-refractivity contribution >= 4 is 38.0 Å². The molecular formula is C14H19ClN2O2S2. The van der Waals surface area contributed by atoms with E-state index in [2.05, 4.69) is 10.8 Å². The van der Waals surface area contributed by atoms with Gasteiger partial charge in [-0.25, -0.2) is 8.42 Å². The molecule has 0 aliphatic heterocycles. The van der Waals surface area contributed by atoms with Crippen LogP contribution in [0.4, 0.5) is 5.00 Å². The van der Waals surface area contributed by atoms with Crippen molar-refractivity contribution in [3.63, 3.8) is 0 Å². The summed E-state index contributed by atoms with van der Waals surface area (Å²) in [6, 6.07) is 2.18. The number of sulfonamides is 1. The SMILES string of the molecule is N#Cc1c(NS(=O)(=O)CCCCCl)sc2c1CCCCC2. The summed E-state index contributed by atoms with van der Waals surface area (Å²) in [5, 5.41) is 9.87. The van der Waals surface area contributed by atoms with E-state index in [0.29, 0.717) is 29.3 Å². The molecule has 0 saturated carbocycles. The van der Waals surface area contributed by atoms with Gasteiger partial charge in [-0.2, -0.15) is 5.26 Å². The molecule has 0 spiro atoms. The van der Waals surface area contributed by atoms with E-state index in [-0.39, 0.29) is 5.75 Å². The standard InChI is InChI=1S/C14H19ClN2O2S2/c15-8-4-5-9-21(18,19)17-14-12(10-16)11-6-2-1-3-7-13(11)20-14/h17H,1-9H2. The third-order valence-electron chi connectivity index (χ3n) is 3.58. The molecule has 0 fully saturated rings. The summed E-state index contributed by atoms with van der Waals surface area (Å²) in [6.07, 6.45) is 6.39. The Morgan fingerprint density at radius 2 is 2.00 bits per heavy atom. The van der Waals surface area contributed by atoms with E-state index in [9.17, 15) is 13.7 Å². The highest BCUT2D eigenvalue weighted by molar-refractivity contribution is 7.92. The number of rotatable bonds is 6. The van der Waals surface area contributed by atoms with E-state index >= 15 is 0 Å². The van der Waals surface area contributed by atoms with Gasteiger partial charge >= 0.3 is 0 Å². The van der Waals surface area contributed by atoms with Crippen LogP contribution in [0.15, 0.2) is 0 Å². The largest absolute Gasteiger partial charge is 0.273 e. The molecule has 7 heteroatoms. The zero-order valence-corrected chi connectivity index (χ0v) is 14.2. The van der Waals surface area contributed by atoms with Crippen molar-refractivity contribution in [3.05, 3.63) is 16.0 Å². The maximum Gasteiger partial charge on any atom is 0.233 e. The summed E-state index contributed by atoms with van der Waals surface area (Å²) in [6.45, 7) is 0. The number of alkyl halides is 1. The van der Waals surface area contributed by atoms with Gasteiger partial charge in [-0.3, -0.25) is 4.72 Å². The Balaban J connectivity index is 2.19. The normalized spacial score (nSPS) is 15.0. The zero-order chi connectivity index (χ0) is 15.3. The molecular weight excluding hydrogens is 328 g/mol. The summed E-state index contributed by atoms with van der Waals surface area (Å²) in [5.41, 5.74) is 1.58. The fraction of sp³-hybridized carbons (Fsp3) is 0.643. The van der Waals surface area contributed by atoms with E-state index in [4.69, 9.17) is 11.6 Å². The number of aryl methyl sites for hydroxylation is 1. The molecule has 0 saturated heterocycles. The van der Waals surface area contributed by atoms with Gasteiger partial charge in [0.05, 0.1) is 11.3 Å². The first-order chi connectivity index (χ1) is 10.1. The van der Waals surface area contributed by atoms with Crippen molar-refractivity contribution in [2.24, 2.45) is 0 Å². The van der Waals surface area contributed by atoms with Gasteiger partial charge in [0.1, 0.15) is 11.1 Å². The lowest BCUT2D eigenvalue weighted by Crippen LogP contribution is -2.16. The summed E-state index contributed by atoms with van der Waals surface area (Å²) < 4.78 is 26.7. The van der Waals surface area contributed by atoms with Crippen LogP contribution in [-0.2, 0) is 22.9 Å². The van der Waals surface area contributed by atoms with Crippen LogP contribution >= 0.6 is 22.9 Å². The molecule has 0 bridgehead atoms. The van der Waals surface area contributed by atoms with Crippen LogP contribution in [0.3, 0.4) is 0 Å². The minimum Gasteiger partial charge on any atom is -0.273 e. The number of fused-ring (bicyclic) bond motifs is 1. The summed E-state index contributed by atoms with van der Waals surface area (Å²) in [5.74, 6) is 0.513. The number of unbranched alkanes of at least 4 members (excludes halogenated alkanes) is 1. The molecule has 1 N–H and O–H groups in total. The molecule has 0 aromatic carbocycles. The third-order valence-corrected chi connectivity index (χ3v) is 6.52. The topological polar surface area (TPSA) is 70.0 Å². The highest BCUT2D eigenvalue weighted by Crippen LogP contribution is 2.37. The Labute approximate surface area is 135 Å². The molecule has 1 aromatic rings. The second kappa shape index (κ2) is 7.48. The number of thiophene rings is 1. The summed E-state index contributed by atoms with van der Waals surface area (Å²) in [4.78, 5) is 1.17.